The second-order valence-corrected chi connectivity index (χ2v) is 13.1. The number of imide groups is 1. The number of carbonyl (C=O) groups is 5. The molecule has 16 heteroatoms. The molecule has 0 aromatic heterocycles. The Morgan fingerprint density at radius 2 is 1.02 bits per heavy atom. The molecule has 4 N–H and O–H groups in total. The number of alkyl carbamates (subject to hydrolysis) is 3. The zero-order valence-electron chi connectivity index (χ0n) is 31.4. The molecule has 2 fully saturated rings. The van der Waals surface area contributed by atoms with Crippen molar-refractivity contribution in [3.8, 4) is 0 Å². The minimum atomic E-state index is -0.448. The lowest BCUT2D eigenvalue weighted by atomic mass is 10.1. The Bertz CT molecular complexity index is 998. The number of nitrogens with zero attached hydrogens (tertiary/aromatic N) is 1. The molecule has 300 valence electrons. The van der Waals surface area contributed by atoms with Crippen LogP contribution in [0.1, 0.15) is 110 Å². The molecule has 2 rings (SSSR count). The lowest BCUT2D eigenvalue weighted by Crippen LogP contribution is -2.44. The summed E-state index contributed by atoms with van der Waals surface area (Å²) >= 11 is 0. The fourth-order valence-electron chi connectivity index (χ4n) is 4.98. The van der Waals surface area contributed by atoms with E-state index < -0.39 is 18.3 Å². The van der Waals surface area contributed by atoms with Gasteiger partial charge in [-0.05, 0) is 44.9 Å². The molecule has 0 saturated carbocycles. The van der Waals surface area contributed by atoms with Crippen molar-refractivity contribution in [1.82, 2.24) is 26.2 Å². The van der Waals surface area contributed by atoms with E-state index in [1.54, 1.807) is 0 Å². The van der Waals surface area contributed by atoms with Crippen LogP contribution in [0, 0.1) is 0 Å². The Morgan fingerprint density at radius 3 is 1.54 bits per heavy atom. The largest absolute Gasteiger partial charge is 0.447 e. The molecule has 2 unspecified atom stereocenters. The third-order valence-electron chi connectivity index (χ3n) is 8.32. The second-order valence-electron chi connectivity index (χ2n) is 13.1. The Labute approximate surface area is 309 Å². The monoisotopic (exact) mass is 743 g/mol. The summed E-state index contributed by atoms with van der Waals surface area (Å²) in [4.78, 5) is 62.6. The molecule has 16 nitrogen and oxygen atoms in total. The summed E-state index contributed by atoms with van der Waals surface area (Å²) < 4.78 is 30.6. The number of hydrogen-bond donors (Lipinski definition) is 4. The normalized spacial score (nSPS) is 15.6. The first-order chi connectivity index (χ1) is 25.4. The van der Waals surface area contributed by atoms with E-state index in [4.69, 9.17) is 28.4 Å². The third kappa shape index (κ3) is 26.4. The van der Waals surface area contributed by atoms with Crippen LogP contribution in [0.3, 0.4) is 0 Å². The summed E-state index contributed by atoms with van der Waals surface area (Å²) in [5.74, 6) is -0.184. The van der Waals surface area contributed by atoms with E-state index in [-0.39, 0.29) is 44.0 Å². The van der Waals surface area contributed by atoms with E-state index in [0.29, 0.717) is 78.4 Å². The number of rotatable bonds is 32. The van der Waals surface area contributed by atoms with E-state index in [1.165, 1.54) is 4.90 Å². The summed E-state index contributed by atoms with van der Waals surface area (Å²) in [6, 6.07) is -0.372. The van der Waals surface area contributed by atoms with Gasteiger partial charge in [0.2, 0.25) is 5.91 Å². The van der Waals surface area contributed by atoms with Crippen LogP contribution in [0.5, 0.6) is 0 Å². The number of ether oxygens (including phenoxy) is 6. The Morgan fingerprint density at radius 1 is 0.558 bits per heavy atom. The van der Waals surface area contributed by atoms with Gasteiger partial charge >= 0.3 is 24.3 Å². The molecule has 0 bridgehead atoms. The molecule has 0 aromatic carbocycles. The molecule has 0 spiro atoms. The van der Waals surface area contributed by atoms with Crippen LogP contribution in [0.25, 0.3) is 0 Å². The van der Waals surface area contributed by atoms with Gasteiger partial charge in [-0.1, -0.05) is 58.3 Å². The zero-order chi connectivity index (χ0) is 37.5. The van der Waals surface area contributed by atoms with Gasteiger partial charge < -0.3 is 49.7 Å². The van der Waals surface area contributed by atoms with Crippen molar-refractivity contribution in [2.45, 2.75) is 122 Å². The average molecular weight is 744 g/mol. The van der Waals surface area contributed by atoms with E-state index >= 15 is 0 Å². The highest BCUT2D eigenvalue weighted by molar-refractivity contribution is 5.94. The van der Waals surface area contributed by atoms with Crippen molar-refractivity contribution >= 4 is 30.2 Å². The average Bonchev–Trinajstić information content (AvgIpc) is 4.07. The first-order valence-electron chi connectivity index (χ1n) is 19.5. The van der Waals surface area contributed by atoms with Crippen molar-refractivity contribution in [1.29, 1.82) is 0 Å². The molecule has 0 aromatic rings. The van der Waals surface area contributed by atoms with E-state index in [1.807, 2.05) is 0 Å². The highest BCUT2D eigenvalue weighted by atomic mass is 16.6. The molecule has 2 atom stereocenters. The number of unbranched alkanes of at least 4 members (excludes halogenated alkanes) is 11. The van der Waals surface area contributed by atoms with Crippen LogP contribution in [0.15, 0.2) is 0 Å². The van der Waals surface area contributed by atoms with Crippen LogP contribution in [-0.4, -0.2) is 126 Å². The zero-order valence-corrected chi connectivity index (χ0v) is 31.4. The number of carbonyl (C=O) groups excluding carboxylic acids is 5. The molecule has 6 amide bonds. The molecular weight excluding hydrogens is 678 g/mol. The van der Waals surface area contributed by atoms with Crippen molar-refractivity contribution in [2.75, 3.05) is 79.0 Å². The van der Waals surface area contributed by atoms with Gasteiger partial charge in [0.25, 0.3) is 0 Å². The van der Waals surface area contributed by atoms with Crippen molar-refractivity contribution in [3.05, 3.63) is 0 Å². The van der Waals surface area contributed by atoms with Crippen LogP contribution < -0.4 is 21.3 Å². The van der Waals surface area contributed by atoms with Gasteiger partial charge in [-0.15, -0.1) is 0 Å². The van der Waals surface area contributed by atoms with Gasteiger partial charge in [0.05, 0.1) is 19.8 Å². The third-order valence-corrected chi connectivity index (χ3v) is 8.32. The maximum atomic E-state index is 13.1. The van der Waals surface area contributed by atoms with Crippen molar-refractivity contribution in [2.24, 2.45) is 0 Å². The number of nitrogens with one attached hydrogen (secondary N) is 4. The topological polar surface area (TPSA) is 199 Å². The SMILES string of the molecule is CCCCOCCOC(=O)NCCCCCCCC(=O)N(CCCCCCNC(=O)OCC1CO1)C(=O)NCCCCCCNC(=O)OCC1CO1. The standard InChI is InChI=1S/C36H65N5O11/c1-2-3-23-47-24-25-48-34(44)38-19-13-6-4-5-11-17-32(42)41(22-16-10-9-15-21-40-36(46)52-29-31-27-50-31)33(43)37-18-12-7-8-14-20-39-35(45)51-28-30-26-49-30/h30-31H,2-29H2,1H3,(H,37,43)(H,38,44)(H,39,45)(H,40,46). The van der Waals surface area contributed by atoms with E-state index in [2.05, 4.69) is 28.2 Å². The predicted octanol–water partition coefficient (Wildman–Crippen LogP) is 4.78. The Hall–Kier alpha value is -3.37. The highest BCUT2D eigenvalue weighted by Gasteiger charge is 2.25. The maximum Gasteiger partial charge on any atom is 0.407 e. The minimum absolute atomic E-state index is 0.0326. The first-order valence-corrected chi connectivity index (χ1v) is 19.5. The summed E-state index contributed by atoms with van der Waals surface area (Å²) in [7, 11) is 0. The van der Waals surface area contributed by atoms with Crippen LogP contribution in [0.4, 0.5) is 19.2 Å². The fourth-order valence-corrected chi connectivity index (χ4v) is 4.98. The van der Waals surface area contributed by atoms with Crippen LogP contribution in [0.2, 0.25) is 0 Å². The Balaban J connectivity index is 1.57. The Kier molecular flexibility index (Phi) is 26.0. The van der Waals surface area contributed by atoms with Gasteiger partial charge in [0.15, 0.2) is 0 Å². The fraction of sp³-hybridized carbons (Fsp3) is 0.861. The maximum absolute atomic E-state index is 13.1. The quantitative estimate of drug-likeness (QED) is 0.0420. The van der Waals surface area contributed by atoms with Gasteiger partial charge in [-0.3, -0.25) is 9.69 Å². The van der Waals surface area contributed by atoms with Crippen molar-refractivity contribution in [3.63, 3.8) is 0 Å². The number of hydrogen-bond acceptors (Lipinski definition) is 11. The van der Waals surface area contributed by atoms with Gasteiger partial charge in [-0.25, -0.2) is 19.2 Å². The number of epoxide rings is 2. The van der Waals surface area contributed by atoms with E-state index in [0.717, 1.165) is 83.5 Å². The predicted molar refractivity (Wildman–Crippen MR) is 193 cm³/mol. The molecule has 2 aliphatic rings. The van der Waals surface area contributed by atoms with Crippen molar-refractivity contribution < 1.29 is 52.4 Å². The molecule has 2 heterocycles. The van der Waals surface area contributed by atoms with Gasteiger partial charge in [-0.2, -0.15) is 0 Å². The molecule has 0 radical (unpaired) electrons. The lowest BCUT2D eigenvalue weighted by molar-refractivity contribution is -0.128. The summed E-state index contributed by atoms with van der Waals surface area (Å²) in [6.07, 6.45) is 11.7. The molecule has 52 heavy (non-hydrogen) atoms. The van der Waals surface area contributed by atoms with E-state index in [9.17, 15) is 24.0 Å². The number of urea groups is 1. The molecular formula is C36H65N5O11. The second kappa shape index (κ2) is 30.1. The summed E-state index contributed by atoms with van der Waals surface area (Å²) in [5.41, 5.74) is 0. The smallest absolute Gasteiger partial charge is 0.407 e. The summed E-state index contributed by atoms with van der Waals surface area (Å²) in [5, 5.41) is 11.1. The first kappa shape index (κ1) is 44.8. The van der Waals surface area contributed by atoms with Crippen LogP contribution >= 0.6 is 0 Å². The summed E-state index contributed by atoms with van der Waals surface area (Å²) in [6.45, 7) is 7.59. The number of amides is 6. The molecule has 0 aliphatic carbocycles. The van der Waals surface area contributed by atoms with Gasteiger partial charge in [0, 0.05) is 45.8 Å². The molecule has 2 saturated heterocycles. The lowest BCUT2D eigenvalue weighted by Gasteiger charge is -2.21. The molecule has 2 aliphatic heterocycles. The minimum Gasteiger partial charge on any atom is -0.447 e. The highest BCUT2D eigenvalue weighted by Crippen LogP contribution is 2.11. The van der Waals surface area contributed by atoms with Gasteiger partial charge in [0.1, 0.15) is 32.0 Å². The van der Waals surface area contributed by atoms with Crippen LogP contribution in [-0.2, 0) is 33.2 Å².